The molecule has 0 spiro atoms. The molecule has 0 saturated carbocycles. The van der Waals surface area contributed by atoms with Gasteiger partial charge in [0.2, 0.25) is 5.91 Å². The molecule has 0 bridgehead atoms. The molecule has 10 heteroatoms. The Morgan fingerprint density at radius 3 is 2.69 bits per heavy atom. The third-order valence-electron chi connectivity index (χ3n) is 4.40. The van der Waals surface area contributed by atoms with E-state index in [1.165, 1.54) is 22.5 Å². The molecule has 6 nitrogen and oxygen atoms in total. The molecule has 0 saturated heterocycles. The van der Waals surface area contributed by atoms with Crippen molar-refractivity contribution in [3.8, 4) is 11.3 Å². The minimum Gasteiger partial charge on any atom is -0.308 e. The van der Waals surface area contributed by atoms with Crippen LogP contribution in [0.3, 0.4) is 0 Å². The molecule has 0 aliphatic heterocycles. The van der Waals surface area contributed by atoms with E-state index in [9.17, 15) is 9.18 Å². The van der Waals surface area contributed by atoms with Gasteiger partial charge in [-0.25, -0.2) is 14.4 Å². The third-order valence-corrected chi connectivity index (χ3v) is 5.86. The Kier molecular flexibility index (Phi) is 7.04. The van der Waals surface area contributed by atoms with E-state index in [1.54, 1.807) is 48.8 Å². The summed E-state index contributed by atoms with van der Waals surface area (Å²) in [4.78, 5) is 21.0. The van der Waals surface area contributed by atoms with Gasteiger partial charge in [-0.2, -0.15) is 5.10 Å². The van der Waals surface area contributed by atoms with Crippen LogP contribution in [-0.4, -0.2) is 31.4 Å². The molecule has 0 atom stereocenters. The quantitative estimate of drug-likeness (QED) is 0.272. The van der Waals surface area contributed by atoms with Crippen molar-refractivity contribution in [3.05, 3.63) is 88.4 Å². The Bertz CT molecular complexity index is 1230. The zero-order chi connectivity index (χ0) is 22.5. The molecule has 0 fully saturated rings. The highest BCUT2D eigenvalue weighted by molar-refractivity contribution is 7.99. The lowest BCUT2D eigenvalue weighted by Crippen LogP contribution is -2.15. The number of rotatable bonds is 7. The molecule has 2 aromatic heterocycles. The van der Waals surface area contributed by atoms with Gasteiger partial charge in [0.15, 0.2) is 11.0 Å². The molecule has 2 heterocycles. The summed E-state index contributed by atoms with van der Waals surface area (Å²) >= 11 is 13.2. The van der Waals surface area contributed by atoms with E-state index in [1.807, 2.05) is 12.1 Å². The first-order chi connectivity index (χ1) is 15.5. The van der Waals surface area contributed by atoms with Crippen molar-refractivity contribution in [2.24, 2.45) is 0 Å². The molecule has 162 valence electrons. The number of anilines is 1. The number of carbonyl (C=O) groups is 1. The van der Waals surface area contributed by atoms with E-state index < -0.39 is 5.82 Å². The van der Waals surface area contributed by atoms with E-state index in [-0.39, 0.29) is 18.2 Å². The number of nitrogens with zero attached hydrogens (tertiary/aromatic N) is 4. The van der Waals surface area contributed by atoms with Crippen LogP contribution in [0.15, 0.2) is 72.1 Å². The highest BCUT2D eigenvalue weighted by Gasteiger charge is 2.11. The third kappa shape index (κ3) is 5.64. The Labute approximate surface area is 197 Å². The topological polar surface area (TPSA) is 72.7 Å². The van der Waals surface area contributed by atoms with Gasteiger partial charge in [-0.1, -0.05) is 53.2 Å². The number of halogens is 3. The maximum atomic E-state index is 14.0. The number of amides is 1. The number of carbonyl (C=O) groups excluding carboxylic acids is 1. The highest BCUT2D eigenvalue weighted by atomic mass is 35.5. The Morgan fingerprint density at radius 2 is 1.91 bits per heavy atom. The monoisotopic (exact) mass is 487 g/mol. The van der Waals surface area contributed by atoms with Crippen LogP contribution in [0.2, 0.25) is 10.0 Å². The summed E-state index contributed by atoms with van der Waals surface area (Å²) in [5.74, 6) is -0.199. The zero-order valence-electron chi connectivity index (χ0n) is 16.5. The van der Waals surface area contributed by atoms with Crippen molar-refractivity contribution in [1.82, 2.24) is 19.7 Å². The Balaban J connectivity index is 1.34. The van der Waals surface area contributed by atoms with Gasteiger partial charge < -0.3 is 5.32 Å². The van der Waals surface area contributed by atoms with Crippen LogP contribution in [0, 0.1) is 5.82 Å². The largest absolute Gasteiger partial charge is 0.308 e. The van der Waals surface area contributed by atoms with Gasteiger partial charge in [-0.3, -0.25) is 9.48 Å². The summed E-state index contributed by atoms with van der Waals surface area (Å²) < 4.78 is 15.5. The highest BCUT2D eigenvalue weighted by Crippen LogP contribution is 2.23. The molecule has 4 aromatic rings. The lowest BCUT2D eigenvalue weighted by molar-refractivity contribution is -0.113. The molecule has 0 radical (unpaired) electrons. The summed E-state index contributed by atoms with van der Waals surface area (Å²) in [6, 6.07) is 15.3. The summed E-state index contributed by atoms with van der Waals surface area (Å²) in [5.41, 5.74) is 1.98. The van der Waals surface area contributed by atoms with Gasteiger partial charge in [0.25, 0.3) is 0 Å². The maximum Gasteiger partial charge on any atom is 0.236 e. The predicted octanol–water partition coefficient (Wildman–Crippen LogP) is 5.57. The molecular weight excluding hydrogens is 472 g/mol. The first kappa shape index (κ1) is 22.3. The van der Waals surface area contributed by atoms with Crippen LogP contribution in [0.5, 0.6) is 0 Å². The molecule has 4 rings (SSSR count). The van der Waals surface area contributed by atoms with E-state index in [2.05, 4.69) is 20.4 Å². The number of aromatic nitrogens is 4. The normalized spacial score (nSPS) is 10.8. The summed E-state index contributed by atoms with van der Waals surface area (Å²) in [6.07, 6.45) is 3.29. The van der Waals surface area contributed by atoms with E-state index in [0.29, 0.717) is 26.6 Å². The van der Waals surface area contributed by atoms with E-state index >= 15 is 0 Å². The van der Waals surface area contributed by atoms with Crippen molar-refractivity contribution in [2.75, 3.05) is 11.1 Å². The molecule has 1 amide bonds. The van der Waals surface area contributed by atoms with Gasteiger partial charge >= 0.3 is 0 Å². The average molecular weight is 488 g/mol. The molecule has 0 aliphatic rings. The second-order valence-electron chi connectivity index (χ2n) is 6.67. The minimum atomic E-state index is -0.407. The van der Waals surface area contributed by atoms with E-state index in [4.69, 9.17) is 23.2 Å². The Hall–Kier alpha value is -2.94. The number of benzene rings is 2. The fourth-order valence-electron chi connectivity index (χ4n) is 2.86. The molecule has 0 aliphatic carbocycles. The molecule has 32 heavy (non-hydrogen) atoms. The maximum absolute atomic E-state index is 14.0. The lowest BCUT2D eigenvalue weighted by atomic mass is 10.1. The smallest absolute Gasteiger partial charge is 0.236 e. The number of hydrogen-bond acceptors (Lipinski definition) is 5. The van der Waals surface area contributed by atoms with Gasteiger partial charge in [0.05, 0.1) is 18.0 Å². The van der Waals surface area contributed by atoms with Crippen molar-refractivity contribution in [3.63, 3.8) is 0 Å². The first-order valence-corrected chi connectivity index (χ1v) is 11.2. The van der Waals surface area contributed by atoms with Crippen LogP contribution >= 0.6 is 35.0 Å². The molecule has 2 aromatic carbocycles. The molecule has 1 N–H and O–H groups in total. The minimum absolute atomic E-state index is 0.107. The SMILES string of the molecule is O=C(CSc1nccc(-c2ccc(Cl)cc2)n1)Nc1ccn(Cc2c(F)cccc2Cl)n1. The second-order valence-corrected chi connectivity index (χ2v) is 8.45. The van der Waals surface area contributed by atoms with Crippen LogP contribution in [0.1, 0.15) is 5.56 Å². The molecular formula is C22H16Cl2FN5OS. The predicted molar refractivity (Wildman–Crippen MR) is 125 cm³/mol. The summed E-state index contributed by atoms with van der Waals surface area (Å²) in [5, 5.41) is 8.41. The number of thioether (sulfide) groups is 1. The van der Waals surface area contributed by atoms with Crippen molar-refractivity contribution >= 4 is 46.7 Å². The van der Waals surface area contributed by atoms with Gasteiger partial charge in [-0.05, 0) is 30.3 Å². The zero-order valence-corrected chi connectivity index (χ0v) is 18.8. The van der Waals surface area contributed by atoms with Gasteiger partial charge in [0.1, 0.15) is 5.82 Å². The van der Waals surface area contributed by atoms with Crippen LogP contribution < -0.4 is 5.32 Å². The van der Waals surface area contributed by atoms with Crippen molar-refractivity contribution < 1.29 is 9.18 Å². The second kappa shape index (κ2) is 10.1. The molecule has 0 unspecified atom stereocenters. The standard InChI is InChI=1S/C22H16Cl2FN5OS/c23-15-6-4-14(5-7-15)19-8-10-26-22(27-19)32-13-21(31)28-20-9-11-30(29-20)12-16-17(24)2-1-3-18(16)25/h1-11H,12-13H2,(H,28,29,31). The van der Waals surface area contributed by atoms with Crippen LogP contribution in [0.4, 0.5) is 10.2 Å². The lowest BCUT2D eigenvalue weighted by Gasteiger charge is -2.06. The van der Waals surface area contributed by atoms with E-state index in [0.717, 1.165) is 11.3 Å². The van der Waals surface area contributed by atoms with Gasteiger partial charge in [-0.15, -0.1) is 0 Å². The Morgan fingerprint density at radius 1 is 1.09 bits per heavy atom. The number of nitrogens with one attached hydrogen (secondary N) is 1. The number of hydrogen-bond donors (Lipinski definition) is 1. The van der Waals surface area contributed by atoms with Crippen LogP contribution in [-0.2, 0) is 11.3 Å². The van der Waals surface area contributed by atoms with Gasteiger partial charge in [0, 0.05) is 39.6 Å². The summed E-state index contributed by atoms with van der Waals surface area (Å²) in [7, 11) is 0. The first-order valence-electron chi connectivity index (χ1n) is 9.46. The average Bonchev–Trinajstić information content (AvgIpc) is 3.22. The fraction of sp³-hybridized carbons (Fsp3) is 0.0909. The van der Waals surface area contributed by atoms with Crippen molar-refractivity contribution in [2.45, 2.75) is 11.7 Å². The van der Waals surface area contributed by atoms with Crippen LogP contribution in [0.25, 0.3) is 11.3 Å². The summed E-state index contributed by atoms with van der Waals surface area (Å²) in [6.45, 7) is 0.154. The van der Waals surface area contributed by atoms with Crippen molar-refractivity contribution in [1.29, 1.82) is 0 Å². The fourth-order valence-corrected chi connectivity index (χ4v) is 3.84.